The van der Waals surface area contributed by atoms with Crippen LogP contribution in [0.5, 0.6) is 0 Å². The van der Waals surface area contributed by atoms with Crippen molar-refractivity contribution in [2.75, 3.05) is 24.6 Å². The predicted octanol–water partition coefficient (Wildman–Crippen LogP) is 0.140. The number of hydrogen-bond donors (Lipinski definition) is 4. The van der Waals surface area contributed by atoms with Crippen LogP contribution in [0.2, 0.25) is 0 Å². The predicted molar refractivity (Wildman–Crippen MR) is 50.4 cm³/mol. The van der Waals surface area contributed by atoms with E-state index in [-0.39, 0.29) is 9.93 Å². The SMILES string of the molecule is NCCC[SH](S)CCN. The Labute approximate surface area is 64.5 Å². The van der Waals surface area contributed by atoms with Crippen molar-refractivity contribution < 1.29 is 0 Å². The molecule has 0 saturated carbocycles. The molecule has 4 heteroatoms. The van der Waals surface area contributed by atoms with E-state index in [0.29, 0.717) is 0 Å². The van der Waals surface area contributed by atoms with Gasteiger partial charge in [0, 0.05) is 6.54 Å². The molecular weight excluding hydrogens is 152 g/mol. The first-order valence-electron chi connectivity index (χ1n) is 3.15. The minimum atomic E-state index is -0.0971. The van der Waals surface area contributed by atoms with Gasteiger partial charge in [-0.25, -0.2) is 9.93 Å². The van der Waals surface area contributed by atoms with Gasteiger partial charge in [-0.3, -0.25) is 0 Å². The molecule has 58 valence electrons. The van der Waals surface area contributed by atoms with E-state index in [1.807, 2.05) is 0 Å². The van der Waals surface area contributed by atoms with Crippen molar-refractivity contribution in [2.45, 2.75) is 6.42 Å². The number of hydrogen-bond acceptors (Lipinski definition) is 3. The molecule has 0 aliphatic rings. The summed E-state index contributed by atoms with van der Waals surface area (Å²) in [6, 6.07) is 0. The molecule has 9 heavy (non-hydrogen) atoms. The largest absolute Gasteiger partial charge is 0.330 e. The summed E-state index contributed by atoms with van der Waals surface area (Å²) < 4.78 is 0. The average molecular weight is 168 g/mol. The Morgan fingerprint density at radius 2 is 1.78 bits per heavy atom. The average Bonchev–Trinajstić information content (AvgIpc) is 1.85. The standard InChI is InChI=1S/C5H16N2S2/c6-2-1-4-9(8)5-3-7/h8-9H,1-7H2. The lowest BCUT2D eigenvalue weighted by atomic mass is 10.5. The first kappa shape index (κ1) is 9.62. The maximum Gasteiger partial charge on any atom is 0.000433 e. The molecule has 0 spiro atoms. The van der Waals surface area contributed by atoms with Crippen LogP contribution in [-0.2, 0) is 0 Å². The fourth-order valence-corrected chi connectivity index (χ4v) is 2.37. The van der Waals surface area contributed by atoms with Gasteiger partial charge in [0.15, 0.2) is 0 Å². The maximum absolute atomic E-state index is 5.34. The molecule has 0 aromatic rings. The fourth-order valence-electron chi connectivity index (χ4n) is 0.535. The third-order valence-electron chi connectivity index (χ3n) is 1.01. The zero-order valence-electron chi connectivity index (χ0n) is 5.58. The van der Waals surface area contributed by atoms with Crippen LogP contribution in [0.1, 0.15) is 6.42 Å². The summed E-state index contributed by atoms with van der Waals surface area (Å²) in [5.41, 5.74) is 10.7. The third kappa shape index (κ3) is 6.51. The Bertz CT molecular complexity index is 60.9. The third-order valence-corrected chi connectivity index (χ3v) is 3.81. The molecule has 0 saturated heterocycles. The normalized spacial score (nSPS) is 15.7. The van der Waals surface area contributed by atoms with Crippen LogP contribution in [0.15, 0.2) is 0 Å². The van der Waals surface area contributed by atoms with Crippen LogP contribution in [0.4, 0.5) is 0 Å². The van der Waals surface area contributed by atoms with E-state index < -0.39 is 0 Å². The van der Waals surface area contributed by atoms with Gasteiger partial charge in [-0.15, -0.1) is 11.7 Å². The van der Waals surface area contributed by atoms with Crippen LogP contribution in [-0.4, -0.2) is 24.6 Å². The molecule has 2 nitrogen and oxygen atoms in total. The van der Waals surface area contributed by atoms with Crippen molar-refractivity contribution in [1.29, 1.82) is 0 Å². The smallest absolute Gasteiger partial charge is 0.000433 e. The van der Waals surface area contributed by atoms with E-state index in [0.717, 1.165) is 31.0 Å². The maximum atomic E-state index is 5.34. The topological polar surface area (TPSA) is 52.0 Å². The molecule has 0 aliphatic heterocycles. The summed E-state index contributed by atoms with van der Waals surface area (Å²) in [5.74, 6) is 2.23. The molecule has 1 atom stereocenters. The van der Waals surface area contributed by atoms with Crippen molar-refractivity contribution in [3.8, 4) is 0 Å². The summed E-state index contributed by atoms with van der Waals surface area (Å²) in [7, 11) is -0.0971. The van der Waals surface area contributed by atoms with E-state index >= 15 is 0 Å². The Balaban J connectivity index is 2.95. The minimum Gasteiger partial charge on any atom is -0.330 e. The Morgan fingerprint density at radius 3 is 2.22 bits per heavy atom. The molecular formula is C5H16N2S2. The summed E-state index contributed by atoms with van der Waals surface area (Å²) in [4.78, 5) is 0. The van der Waals surface area contributed by atoms with E-state index in [1.54, 1.807) is 0 Å². The highest BCUT2D eigenvalue weighted by molar-refractivity contribution is 8.78. The molecule has 0 bridgehead atoms. The van der Waals surface area contributed by atoms with Gasteiger partial charge in [-0.2, -0.15) is 0 Å². The zero-order valence-corrected chi connectivity index (χ0v) is 7.37. The number of rotatable bonds is 5. The molecule has 0 rings (SSSR count). The number of thiol groups is 2. The lowest BCUT2D eigenvalue weighted by Gasteiger charge is -2.11. The zero-order chi connectivity index (χ0) is 7.11. The van der Waals surface area contributed by atoms with E-state index in [4.69, 9.17) is 11.5 Å². The number of nitrogens with two attached hydrogens (primary N) is 2. The van der Waals surface area contributed by atoms with Gasteiger partial charge in [0.25, 0.3) is 0 Å². The van der Waals surface area contributed by atoms with Crippen molar-refractivity contribution in [2.24, 2.45) is 11.5 Å². The molecule has 0 aromatic carbocycles. The summed E-state index contributed by atoms with van der Waals surface area (Å²) in [6.45, 7) is 1.55. The second-order valence-corrected chi connectivity index (χ2v) is 5.49. The van der Waals surface area contributed by atoms with Crippen LogP contribution >= 0.6 is 21.6 Å². The highest BCUT2D eigenvalue weighted by atomic mass is 33.1. The lowest BCUT2D eigenvalue weighted by molar-refractivity contribution is 0.941. The van der Waals surface area contributed by atoms with Crippen molar-refractivity contribution >= 4 is 21.6 Å². The van der Waals surface area contributed by atoms with Gasteiger partial charge in [0.05, 0.1) is 0 Å². The summed E-state index contributed by atoms with van der Waals surface area (Å²) in [6.07, 6.45) is 1.09. The Hall–Kier alpha value is 0.620. The molecule has 0 heterocycles. The minimum absolute atomic E-state index is 0.0971. The monoisotopic (exact) mass is 168 g/mol. The molecule has 0 aromatic heterocycles. The Kier molecular flexibility index (Phi) is 7.20. The van der Waals surface area contributed by atoms with E-state index in [1.165, 1.54) is 0 Å². The first-order valence-corrected chi connectivity index (χ1v) is 6.01. The molecule has 0 fully saturated rings. The highest BCUT2D eigenvalue weighted by Gasteiger charge is 1.93. The molecule has 0 amide bonds. The Morgan fingerprint density at radius 1 is 1.11 bits per heavy atom. The van der Waals surface area contributed by atoms with Crippen LogP contribution < -0.4 is 11.5 Å². The van der Waals surface area contributed by atoms with Crippen molar-refractivity contribution in [1.82, 2.24) is 0 Å². The van der Waals surface area contributed by atoms with Gasteiger partial charge < -0.3 is 11.5 Å². The second-order valence-electron chi connectivity index (χ2n) is 1.88. The van der Waals surface area contributed by atoms with Crippen LogP contribution in [0.3, 0.4) is 0 Å². The van der Waals surface area contributed by atoms with E-state index in [9.17, 15) is 0 Å². The molecule has 0 aliphatic carbocycles. The fraction of sp³-hybridized carbons (Fsp3) is 1.00. The second kappa shape index (κ2) is 6.74. The van der Waals surface area contributed by atoms with Gasteiger partial charge in [0.1, 0.15) is 0 Å². The highest BCUT2D eigenvalue weighted by Crippen LogP contribution is 2.29. The first-order chi connectivity index (χ1) is 4.31. The lowest BCUT2D eigenvalue weighted by Crippen LogP contribution is -2.07. The van der Waals surface area contributed by atoms with Crippen LogP contribution in [0, 0.1) is 0 Å². The van der Waals surface area contributed by atoms with Crippen molar-refractivity contribution in [3.05, 3.63) is 0 Å². The van der Waals surface area contributed by atoms with Gasteiger partial charge in [0.2, 0.25) is 0 Å². The van der Waals surface area contributed by atoms with E-state index in [2.05, 4.69) is 11.7 Å². The molecule has 1 unspecified atom stereocenters. The summed E-state index contributed by atoms with van der Waals surface area (Å²) >= 11 is 4.37. The van der Waals surface area contributed by atoms with Gasteiger partial charge >= 0.3 is 0 Å². The summed E-state index contributed by atoms with van der Waals surface area (Å²) in [5, 5.41) is 0. The van der Waals surface area contributed by atoms with Gasteiger partial charge in [-0.1, -0.05) is 0 Å². The molecule has 0 radical (unpaired) electrons. The van der Waals surface area contributed by atoms with Gasteiger partial charge in [-0.05, 0) is 24.5 Å². The molecule has 4 N–H and O–H groups in total. The van der Waals surface area contributed by atoms with Crippen LogP contribution in [0.25, 0.3) is 0 Å². The van der Waals surface area contributed by atoms with Crippen molar-refractivity contribution in [3.63, 3.8) is 0 Å². The quantitative estimate of drug-likeness (QED) is 0.349.